The van der Waals surface area contributed by atoms with E-state index in [1.807, 2.05) is 0 Å². The summed E-state index contributed by atoms with van der Waals surface area (Å²) in [5.41, 5.74) is 5.87. The maximum atomic E-state index is 4.97. The van der Waals surface area contributed by atoms with E-state index in [2.05, 4.69) is 70.4 Å². The Kier molecular flexibility index (Phi) is 3.25. The molecule has 0 saturated heterocycles. The Morgan fingerprint density at radius 2 is 1.67 bits per heavy atom. The lowest BCUT2D eigenvalue weighted by Gasteiger charge is -2.04. The smallest absolute Gasteiger partial charge is 0.134 e. The van der Waals surface area contributed by atoms with Gasteiger partial charge in [0, 0.05) is 20.9 Å². The molecule has 5 rings (SSSR count). The van der Waals surface area contributed by atoms with Crippen molar-refractivity contribution >= 4 is 39.3 Å². The van der Waals surface area contributed by atoms with E-state index in [1.54, 1.807) is 22.7 Å². The highest BCUT2D eigenvalue weighted by atomic mass is 32.1. The van der Waals surface area contributed by atoms with Crippen molar-refractivity contribution < 1.29 is 0 Å². The van der Waals surface area contributed by atoms with Crippen LogP contribution in [0.25, 0.3) is 37.5 Å². The topological polar surface area (TPSA) is 28.7 Å². The number of nitrogens with one attached hydrogen (secondary N) is 1. The van der Waals surface area contributed by atoms with Gasteiger partial charge in [-0.15, -0.1) is 22.7 Å². The van der Waals surface area contributed by atoms with Crippen LogP contribution >= 0.6 is 22.7 Å². The molecular weight excluding hydrogens is 332 g/mol. The molecule has 1 aliphatic carbocycles. The van der Waals surface area contributed by atoms with Crippen molar-refractivity contribution in [3.8, 4) is 20.9 Å². The minimum atomic E-state index is 0.947. The Bertz CT molecular complexity index is 993. The Morgan fingerprint density at radius 3 is 2.33 bits per heavy atom. The third-order valence-electron chi connectivity index (χ3n) is 4.29. The van der Waals surface area contributed by atoms with E-state index in [9.17, 15) is 0 Å². The van der Waals surface area contributed by atoms with Crippen LogP contribution in [0.3, 0.4) is 0 Å². The summed E-state index contributed by atoms with van der Waals surface area (Å²) in [6.07, 6.45) is 7.36. The van der Waals surface area contributed by atoms with E-state index >= 15 is 0 Å². The first-order valence-electron chi connectivity index (χ1n) is 7.87. The molecule has 2 nitrogen and oxygen atoms in total. The van der Waals surface area contributed by atoms with Crippen molar-refractivity contribution in [3.63, 3.8) is 0 Å². The first-order valence-corrected chi connectivity index (χ1v) is 9.62. The van der Waals surface area contributed by atoms with E-state index in [1.165, 1.54) is 26.5 Å². The molecule has 24 heavy (non-hydrogen) atoms. The van der Waals surface area contributed by atoms with Crippen molar-refractivity contribution in [2.45, 2.75) is 6.42 Å². The summed E-state index contributed by atoms with van der Waals surface area (Å²) in [6, 6.07) is 12.9. The van der Waals surface area contributed by atoms with Crippen molar-refractivity contribution in [2.24, 2.45) is 0 Å². The Hall–Kier alpha value is -2.43. The third-order valence-corrected chi connectivity index (χ3v) is 6.10. The molecule has 4 aromatic rings. The van der Waals surface area contributed by atoms with Gasteiger partial charge in [0.15, 0.2) is 0 Å². The molecule has 0 radical (unpaired) electrons. The van der Waals surface area contributed by atoms with Crippen LogP contribution in [0.15, 0.2) is 65.4 Å². The largest absolute Gasteiger partial charge is 0.338 e. The summed E-state index contributed by atoms with van der Waals surface area (Å²) >= 11 is 3.52. The molecule has 0 spiro atoms. The fraction of sp³-hybridized carbons (Fsp3) is 0.0500. The van der Waals surface area contributed by atoms with E-state index in [4.69, 9.17) is 4.98 Å². The normalized spacial score (nSPS) is 13.8. The minimum Gasteiger partial charge on any atom is -0.338 e. The predicted molar refractivity (Wildman–Crippen MR) is 104 cm³/mol. The van der Waals surface area contributed by atoms with Crippen LogP contribution < -0.4 is 0 Å². The molecule has 1 aromatic carbocycles. The fourth-order valence-electron chi connectivity index (χ4n) is 3.13. The third kappa shape index (κ3) is 2.19. The predicted octanol–water partition coefficient (Wildman–Crippen LogP) is 6.36. The van der Waals surface area contributed by atoms with E-state index in [-0.39, 0.29) is 0 Å². The average molecular weight is 346 g/mol. The van der Waals surface area contributed by atoms with E-state index in [0.717, 1.165) is 23.3 Å². The standard InChI is InChI=1S/C20H14N2S2/c1-2-6-13(5-1)20-21-18-14(16-7-3-11-23-16)9-10-15(19(18)22-20)17-8-4-12-24-17/h1-5,7-12H,6H2,(H,21,22). The van der Waals surface area contributed by atoms with Crippen LogP contribution in [0.5, 0.6) is 0 Å². The SMILES string of the molecule is C1=CCC(c2nc3c(-c4cccs4)ccc(-c4cccs4)c3[nH]2)=C1. The van der Waals surface area contributed by atoms with Gasteiger partial charge in [-0.3, -0.25) is 0 Å². The van der Waals surface area contributed by atoms with Crippen LogP contribution in [0.1, 0.15) is 12.2 Å². The highest BCUT2D eigenvalue weighted by Crippen LogP contribution is 2.38. The van der Waals surface area contributed by atoms with Crippen molar-refractivity contribution in [1.82, 2.24) is 9.97 Å². The van der Waals surface area contributed by atoms with Gasteiger partial charge >= 0.3 is 0 Å². The second-order valence-corrected chi connectivity index (χ2v) is 7.64. The van der Waals surface area contributed by atoms with Gasteiger partial charge in [-0.25, -0.2) is 4.98 Å². The summed E-state index contributed by atoms with van der Waals surface area (Å²) in [5, 5.41) is 4.24. The van der Waals surface area contributed by atoms with Crippen LogP contribution in [-0.2, 0) is 0 Å². The summed E-state index contributed by atoms with van der Waals surface area (Å²) in [4.78, 5) is 11.1. The van der Waals surface area contributed by atoms with Crippen LogP contribution in [0, 0.1) is 0 Å². The highest BCUT2D eigenvalue weighted by Gasteiger charge is 2.17. The molecule has 1 aliphatic rings. The van der Waals surface area contributed by atoms with Gasteiger partial charge < -0.3 is 4.98 Å². The second kappa shape index (κ2) is 5.58. The van der Waals surface area contributed by atoms with Gasteiger partial charge in [0.2, 0.25) is 0 Å². The van der Waals surface area contributed by atoms with Crippen molar-refractivity contribution in [2.75, 3.05) is 0 Å². The molecular formula is C20H14N2S2. The number of benzene rings is 1. The number of aromatic nitrogens is 2. The fourth-order valence-corrected chi connectivity index (χ4v) is 4.65. The quantitative estimate of drug-likeness (QED) is 0.459. The number of hydrogen-bond donors (Lipinski definition) is 1. The number of rotatable bonds is 3. The number of aromatic amines is 1. The van der Waals surface area contributed by atoms with Crippen molar-refractivity contribution in [3.05, 3.63) is 71.2 Å². The number of nitrogens with zero attached hydrogens (tertiary/aromatic N) is 1. The molecule has 3 aromatic heterocycles. The molecule has 0 saturated carbocycles. The maximum Gasteiger partial charge on any atom is 0.134 e. The average Bonchev–Trinajstić information content (AvgIpc) is 3.43. The van der Waals surface area contributed by atoms with Gasteiger partial charge in [-0.1, -0.05) is 42.5 Å². The summed E-state index contributed by atoms with van der Waals surface area (Å²) in [6.45, 7) is 0. The molecule has 3 heterocycles. The van der Waals surface area contributed by atoms with Crippen LogP contribution in [0.2, 0.25) is 0 Å². The number of H-pyrrole nitrogens is 1. The molecule has 0 amide bonds. The lowest BCUT2D eigenvalue weighted by molar-refractivity contribution is 1.23. The zero-order chi connectivity index (χ0) is 15.9. The summed E-state index contributed by atoms with van der Waals surface area (Å²) in [5.74, 6) is 0.983. The molecule has 0 atom stereocenters. The van der Waals surface area contributed by atoms with Crippen LogP contribution in [0.4, 0.5) is 0 Å². The Labute approximate surface area is 147 Å². The number of fused-ring (bicyclic) bond motifs is 1. The Morgan fingerprint density at radius 1 is 0.917 bits per heavy atom. The minimum absolute atomic E-state index is 0.947. The monoisotopic (exact) mass is 346 g/mol. The van der Waals surface area contributed by atoms with Gasteiger partial charge in [-0.05, 0) is 34.9 Å². The number of hydrogen-bond acceptors (Lipinski definition) is 3. The van der Waals surface area contributed by atoms with Gasteiger partial charge in [0.25, 0.3) is 0 Å². The summed E-state index contributed by atoms with van der Waals surface area (Å²) < 4.78 is 0. The zero-order valence-electron chi connectivity index (χ0n) is 12.8. The molecule has 4 heteroatoms. The number of thiophene rings is 2. The first kappa shape index (κ1) is 14.0. The lowest BCUT2D eigenvalue weighted by Crippen LogP contribution is -1.83. The zero-order valence-corrected chi connectivity index (χ0v) is 14.5. The maximum absolute atomic E-state index is 4.97. The van der Waals surface area contributed by atoms with Gasteiger partial charge in [0.05, 0.1) is 11.0 Å². The lowest BCUT2D eigenvalue weighted by atomic mass is 10.1. The second-order valence-electron chi connectivity index (χ2n) is 5.75. The van der Waals surface area contributed by atoms with Crippen LogP contribution in [-0.4, -0.2) is 9.97 Å². The molecule has 1 N–H and O–H groups in total. The number of imidazole rings is 1. The van der Waals surface area contributed by atoms with Gasteiger partial charge in [0.1, 0.15) is 5.82 Å². The van der Waals surface area contributed by atoms with E-state index in [0.29, 0.717) is 0 Å². The van der Waals surface area contributed by atoms with Gasteiger partial charge in [-0.2, -0.15) is 0 Å². The summed E-state index contributed by atoms with van der Waals surface area (Å²) in [7, 11) is 0. The highest BCUT2D eigenvalue weighted by molar-refractivity contribution is 7.14. The van der Waals surface area contributed by atoms with Crippen molar-refractivity contribution in [1.29, 1.82) is 0 Å². The molecule has 0 bridgehead atoms. The molecule has 116 valence electrons. The number of allylic oxidation sites excluding steroid dienone is 4. The molecule has 0 fully saturated rings. The van der Waals surface area contributed by atoms with E-state index < -0.39 is 0 Å². The Balaban J connectivity index is 1.79. The molecule has 0 aliphatic heterocycles. The molecule has 0 unspecified atom stereocenters. The first-order chi connectivity index (χ1) is 11.9.